The summed E-state index contributed by atoms with van der Waals surface area (Å²) in [5.41, 5.74) is 3.38. The van der Waals surface area contributed by atoms with Crippen molar-refractivity contribution in [2.75, 3.05) is 0 Å². The van der Waals surface area contributed by atoms with Crippen LogP contribution in [0.2, 0.25) is 0 Å². The van der Waals surface area contributed by atoms with Crippen LogP contribution < -0.4 is 5.73 Å². The molecule has 1 aromatic heterocycles. The van der Waals surface area contributed by atoms with E-state index in [1.54, 1.807) is 0 Å². The van der Waals surface area contributed by atoms with Crippen LogP contribution in [0.5, 0.6) is 0 Å². The molecular weight excluding hydrogens is 329 g/mol. The Bertz CT molecular complexity index is 782. The van der Waals surface area contributed by atoms with E-state index in [-0.39, 0.29) is 17.3 Å². The smallest absolute Gasteiger partial charge is 0.334 e. The van der Waals surface area contributed by atoms with Crippen LogP contribution in [0.15, 0.2) is 22.7 Å². The van der Waals surface area contributed by atoms with Gasteiger partial charge in [0.25, 0.3) is 11.6 Å². The minimum absolute atomic E-state index is 0.173. The summed E-state index contributed by atoms with van der Waals surface area (Å²) in [7, 11) is 0. The van der Waals surface area contributed by atoms with Crippen LogP contribution in [0.25, 0.3) is 11.5 Å². The first-order valence-electron chi connectivity index (χ1n) is 7.20. The van der Waals surface area contributed by atoms with Crippen LogP contribution in [0.1, 0.15) is 37.1 Å². The molecule has 0 amide bonds. The molecule has 2 aromatic rings. The number of halogens is 3. The monoisotopic (exact) mass is 342 g/mol. The molecule has 1 heterocycles. The number of aromatic nitrogens is 2. The number of nitro benzene ring substituents is 1. The predicted molar refractivity (Wildman–Crippen MR) is 75.7 cm³/mol. The van der Waals surface area contributed by atoms with Gasteiger partial charge in [0.15, 0.2) is 5.82 Å². The maximum absolute atomic E-state index is 12.7. The van der Waals surface area contributed by atoms with Gasteiger partial charge in [0.1, 0.15) is 5.56 Å². The molecule has 1 fully saturated rings. The lowest BCUT2D eigenvalue weighted by atomic mass is 9.98. The van der Waals surface area contributed by atoms with Crippen LogP contribution in [-0.4, -0.2) is 15.1 Å². The highest BCUT2D eigenvalue weighted by atomic mass is 19.4. The lowest BCUT2D eigenvalue weighted by molar-refractivity contribution is -0.384. The normalized spacial score (nSPS) is 17.2. The van der Waals surface area contributed by atoms with E-state index >= 15 is 0 Å². The van der Waals surface area contributed by atoms with E-state index in [1.165, 1.54) is 0 Å². The van der Waals surface area contributed by atoms with Crippen molar-refractivity contribution in [3.8, 4) is 11.5 Å². The highest BCUT2D eigenvalue weighted by Crippen LogP contribution is 2.38. The van der Waals surface area contributed by atoms with Crippen LogP contribution in [-0.2, 0) is 11.7 Å². The van der Waals surface area contributed by atoms with Crippen molar-refractivity contribution in [3.63, 3.8) is 0 Å². The van der Waals surface area contributed by atoms with Gasteiger partial charge in [-0.1, -0.05) is 18.0 Å². The highest BCUT2D eigenvalue weighted by Gasteiger charge is 2.37. The molecule has 0 atom stereocenters. The van der Waals surface area contributed by atoms with Crippen LogP contribution in [0, 0.1) is 10.1 Å². The Morgan fingerprint density at radius 3 is 2.54 bits per heavy atom. The van der Waals surface area contributed by atoms with Gasteiger partial charge in [-0.2, -0.15) is 18.2 Å². The SMILES string of the molecule is NC1(c2noc(-c3ccc(C(F)(F)F)cc3[N+](=O)[O-])n2)CCCC1. The summed E-state index contributed by atoms with van der Waals surface area (Å²) in [6.45, 7) is 0. The van der Waals surface area contributed by atoms with Crippen molar-refractivity contribution in [1.82, 2.24) is 10.1 Å². The Morgan fingerprint density at radius 2 is 1.96 bits per heavy atom. The number of benzene rings is 1. The molecule has 0 spiro atoms. The van der Waals surface area contributed by atoms with E-state index in [4.69, 9.17) is 10.3 Å². The van der Waals surface area contributed by atoms with Gasteiger partial charge >= 0.3 is 6.18 Å². The van der Waals surface area contributed by atoms with Crippen molar-refractivity contribution < 1.29 is 22.6 Å². The lowest BCUT2D eigenvalue weighted by Gasteiger charge is -2.17. The number of nitrogens with two attached hydrogens (primary N) is 1. The van der Waals surface area contributed by atoms with E-state index in [0.29, 0.717) is 18.9 Å². The topological polar surface area (TPSA) is 108 Å². The summed E-state index contributed by atoms with van der Waals surface area (Å²) >= 11 is 0. The van der Waals surface area contributed by atoms with Gasteiger partial charge in [0.2, 0.25) is 0 Å². The van der Waals surface area contributed by atoms with E-state index in [9.17, 15) is 23.3 Å². The van der Waals surface area contributed by atoms with Crippen LogP contribution in [0.4, 0.5) is 18.9 Å². The van der Waals surface area contributed by atoms with Gasteiger partial charge < -0.3 is 10.3 Å². The Labute approximate surface area is 133 Å². The molecule has 1 aliphatic rings. The average molecular weight is 342 g/mol. The van der Waals surface area contributed by atoms with Gasteiger partial charge in [0.05, 0.1) is 16.0 Å². The second kappa shape index (κ2) is 5.55. The summed E-state index contributed by atoms with van der Waals surface area (Å²) in [4.78, 5) is 14.3. The quantitative estimate of drug-likeness (QED) is 0.676. The first-order valence-corrected chi connectivity index (χ1v) is 7.20. The summed E-state index contributed by atoms with van der Waals surface area (Å²) in [6, 6.07) is 2.14. The fourth-order valence-corrected chi connectivity index (χ4v) is 2.80. The van der Waals surface area contributed by atoms with Crippen molar-refractivity contribution in [2.45, 2.75) is 37.4 Å². The van der Waals surface area contributed by atoms with Crippen molar-refractivity contribution in [1.29, 1.82) is 0 Å². The number of alkyl halides is 3. The van der Waals surface area contributed by atoms with Gasteiger partial charge in [-0.3, -0.25) is 10.1 Å². The summed E-state index contributed by atoms with van der Waals surface area (Å²) in [5, 5.41) is 14.9. The van der Waals surface area contributed by atoms with Gasteiger partial charge in [-0.25, -0.2) is 0 Å². The van der Waals surface area contributed by atoms with Crippen molar-refractivity contribution >= 4 is 5.69 Å². The molecule has 2 N–H and O–H groups in total. The van der Waals surface area contributed by atoms with E-state index < -0.39 is 27.9 Å². The fraction of sp³-hybridized carbons (Fsp3) is 0.429. The molecule has 0 unspecified atom stereocenters. The van der Waals surface area contributed by atoms with E-state index in [0.717, 1.165) is 25.0 Å². The molecule has 24 heavy (non-hydrogen) atoms. The minimum Gasteiger partial charge on any atom is -0.334 e. The Balaban J connectivity index is 2.03. The molecule has 1 aromatic carbocycles. The number of nitrogens with zero attached hydrogens (tertiary/aromatic N) is 3. The number of hydrogen-bond donors (Lipinski definition) is 1. The molecule has 0 saturated heterocycles. The first-order chi connectivity index (χ1) is 11.2. The zero-order chi connectivity index (χ0) is 17.5. The first kappa shape index (κ1) is 16.4. The third-order valence-corrected chi connectivity index (χ3v) is 4.12. The minimum atomic E-state index is -4.69. The molecule has 1 aliphatic carbocycles. The molecule has 3 rings (SSSR count). The van der Waals surface area contributed by atoms with Gasteiger partial charge in [-0.05, 0) is 25.0 Å². The Kier molecular flexibility index (Phi) is 3.78. The maximum atomic E-state index is 12.7. The standard InChI is InChI=1S/C14H13F3N4O3/c15-14(16,17)8-3-4-9(10(7-8)21(22)23)11-19-12(20-24-11)13(18)5-1-2-6-13/h3-4,7H,1-2,5-6,18H2. The van der Waals surface area contributed by atoms with Crippen molar-refractivity contribution in [2.24, 2.45) is 5.73 Å². The summed E-state index contributed by atoms with van der Waals surface area (Å²) in [5.74, 6) is -0.00801. The summed E-state index contributed by atoms with van der Waals surface area (Å²) in [6.07, 6.45) is -1.57. The molecule has 128 valence electrons. The van der Waals surface area contributed by atoms with Crippen molar-refractivity contribution in [3.05, 3.63) is 39.7 Å². The zero-order valence-electron chi connectivity index (χ0n) is 12.3. The highest BCUT2D eigenvalue weighted by molar-refractivity contribution is 5.67. The van der Waals surface area contributed by atoms with Gasteiger partial charge in [-0.15, -0.1) is 0 Å². The zero-order valence-corrected chi connectivity index (χ0v) is 12.3. The molecule has 7 nitrogen and oxygen atoms in total. The predicted octanol–water partition coefficient (Wildman–Crippen LogP) is 3.39. The molecule has 1 saturated carbocycles. The second-order valence-corrected chi connectivity index (χ2v) is 5.77. The van der Waals surface area contributed by atoms with E-state index in [2.05, 4.69) is 10.1 Å². The maximum Gasteiger partial charge on any atom is 0.416 e. The third-order valence-electron chi connectivity index (χ3n) is 4.12. The molecule has 0 bridgehead atoms. The number of rotatable bonds is 3. The summed E-state index contributed by atoms with van der Waals surface area (Å²) < 4.78 is 43.2. The van der Waals surface area contributed by atoms with Crippen LogP contribution in [0.3, 0.4) is 0 Å². The third kappa shape index (κ3) is 2.84. The average Bonchev–Trinajstić information content (AvgIpc) is 3.15. The second-order valence-electron chi connectivity index (χ2n) is 5.77. The number of nitro groups is 1. The lowest BCUT2D eigenvalue weighted by Crippen LogP contribution is -2.34. The van der Waals surface area contributed by atoms with Crippen LogP contribution >= 0.6 is 0 Å². The largest absolute Gasteiger partial charge is 0.416 e. The van der Waals surface area contributed by atoms with Gasteiger partial charge in [0, 0.05) is 6.07 Å². The van der Waals surface area contributed by atoms with E-state index in [1.807, 2.05) is 0 Å². The fourth-order valence-electron chi connectivity index (χ4n) is 2.80. The molecular formula is C14H13F3N4O3. The number of hydrogen-bond acceptors (Lipinski definition) is 6. The molecule has 0 aliphatic heterocycles. The Hall–Kier alpha value is -2.49. The Morgan fingerprint density at radius 1 is 1.29 bits per heavy atom. The molecule has 10 heteroatoms. The molecule has 0 radical (unpaired) electrons.